The molecule has 3 heterocycles. The van der Waals surface area contributed by atoms with Crippen LogP contribution in [0, 0.1) is 0 Å². The molecule has 17 heavy (non-hydrogen) atoms. The van der Waals surface area contributed by atoms with E-state index in [0.717, 1.165) is 24.2 Å². The van der Waals surface area contributed by atoms with Crippen LogP contribution in [0.5, 0.6) is 0 Å². The van der Waals surface area contributed by atoms with Crippen LogP contribution in [0.3, 0.4) is 0 Å². The minimum absolute atomic E-state index is 0.107. The summed E-state index contributed by atoms with van der Waals surface area (Å²) in [5.74, 6) is 0.891. The van der Waals surface area contributed by atoms with Crippen LogP contribution in [-0.4, -0.2) is 26.5 Å². The van der Waals surface area contributed by atoms with Crippen molar-refractivity contribution in [3.8, 4) is 11.6 Å². The van der Waals surface area contributed by atoms with E-state index in [1.54, 1.807) is 18.5 Å². The minimum Gasteiger partial charge on any atom is -0.312 e. The van der Waals surface area contributed by atoms with Crippen molar-refractivity contribution in [2.24, 2.45) is 0 Å². The number of fused-ring (bicyclic) bond motifs is 1. The molecule has 3 rings (SSSR count). The molecular weight excluding hydrogens is 218 g/mol. The summed E-state index contributed by atoms with van der Waals surface area (Å²) >= 11 is 0. The van der Waals surface area contributed by atoms with Crippen LogP contribution in [0.4, 0.5) is 0 Å². The molecule has 0 unspecified atom stereocenters. The Morgan fingerprint density at radius 3 is 2.88 bits per heavy atom. The van der Waals surface area contributed by atoms with Crippen molar-refractivity contribution in [3.63, 3.8) is 0 Å². The SMILES string of the molecule is O=c1[nH]c(-c2ncccn2)nc2c1CNCC2. The van der Waals surface area contributed by atoms with E-state index in [0.29, 0.717) is 18.2 Å². The van der Waals surface area contributed by atoms with Crippen LogP contribution in [0.1, 0.15) is 11.3 Å². The van der Waals surface area contributed by atoms with E-state index >= 15 is 0 Å². The molecule has 0 radical (unpaired) electrons. The Morgan fingerprint density at radius 1 is 1.24 bits per heavy atom. The number of hydrogen-bond acceptors (Lipinski definition) is 5. The Kier molecular flexibility index (Phi) is 2.41. The second kappa shape index (κ2) is 4.06. The molecule has 0 saturated heterocycles. The fraction of sp³-hybridized carbons (Fsp3) is 0.273. The molecule has 0 saturated carbocycles. The highest BCUT2D eigenvalue weighted by atomic mass is 16.1. The molecule has 86 valence electrons. The fourth-order valence-electron chi connectivity index (χ4n) is 1.88. The van der Waals surface area contributed by atoms with Crippen molar-refractivity contribution in [2.45, 2.75) is 13.0 Å². The van der Waals surface area contributed by atoms with Gasteiger partial charge in [0, 0.05) is 31.9 Å². The molecule has 0 bridgehead atoms. The molecule has 2 aromatic rings. The molecule has 2 aromatic heterocycles. The maximum absolute atomic E-state index is 11.9. The van der Waals surface area contributed by atoms with Gasteiger partial charge in [-0.1, -0.05) is 0 Å². The Bertz CT molecular complexity index is 593. The third-order valence-corrected chi connectivity index (χ3v) is 2.72. The van der Waals surface area contributed by atoms with E-state index in [4.69, 9.17) is 0 Å². The summed E-state index contributed by atoms with van der Waals surface area (Å²) in [7, 11) is 0. The van der Waals surface area contributed by atoms with Gasteiger partial charge in [0.25, 0.3) is 5.56 Å². The molecule has 0 amide bonds. The van der Waals surface area contributed by atoms with E-state index in [9.17, 15) is 4.79 Å². The summed E-state index contributed by atoms with van der Waals surface area (Å²) in [6.45, 7) is 1.42. The van der Waals surface area contributed by atoms with Gasteiger partial charge in [-0.2, -0.15) is 0 Å². The number of H-pyrrole nitrogens is 1. The van der Waals surface area contributed by atoms with Crippen LogP contribution in [-0.2, 0) is 13.0 Å². The first-order valence-corrected chi connectivity index (χ1v) is 5.45. The molecule has 0 aromatic carbocycles. The van der Waals surface area contributed by atoms with Crippen LogP contribution >= 0.6 is 0 Å². The Balaban J connectivity index is 2.14. The predicted octanol–water partition coefficient (Wildman–Crippen LogP) is -0.127. The van der Waals surface area contributed by atoms with Crippen molar-refractivity contribution >= 4 is 0 Å². The zero-order valence-corrected chi connectivity index (χ0v) is 9.10. The lowest BCUT2D eigenvalue weighted by molar-refractivity contribution is 0.621. The van der Waals surface area contributed by atoms with Crippen molar-refractivity contribution < 1.29 is 0 Å². The minimum atomic E-state index is -0.107. The van der Waals surface area contributed by atoms with Gasteiger partial charge in [0.15, 0.2) is 11.6 Å². The number of aromatic nitrogens is 4. The molecular formula is C11H11N5O. The third-order valence-electron chi connectivity index (χ3n) is 2.72. The lowest BCUT2D eigenvalue weighted by Crippen LogP contribution is -2.31. The van der Waals surface area contributed by atoms with E-state index in [1.807, 2.05) is 0 Å². The van der Waals surface area contributed by atoms with Crippen LogP contribution in [0.15, 0.2) is 23.3 Å². The Hall–Kier alpha value is -2.08. The van der Waals surface area contributed by atoms with Crippen molar-refractivity contribution in [3.05, 3.63) is 40.1 Å². The lowest BCUT2D eigenvalue weighted by atomic mass is 10.1. The maximum Gasteiger partial charge on any atom is 0.255 e. The standard InChI is InChI=1S/C11H11N5O/c17-11-7-6-12-5-2-8(7)15-10(16-11)9-13-3-1-4-14-9/h1,3-4,12H,2,5-6H2,(H,15,16,17). The number of hydrogen-bond donors (Lipinski definition) is 2. The van der Waals surface area contributed by atoms with Gasteiger partial charge >= 0.3 is 0 Å². The summed E-state index contributed by atoms with van der Waals surface area (Å²) in [5, 5.41) is 3.15. The average Bonchev–Trinajstić information content (AvgIpc) is 2.40. The quantitative estimate of drug-likeness (QED) is 0.711. The molecule has 1 aliphatic rings. The number of nitrogens with one attached hydrogen (secondary N) is 2. The number of nitrogens with zero attached hydrogens (tertiary/aromatic N) is 3. The molecule has 0 atom stereocenters. The van der Waals surface area contributed by atoms with E-state index in [2.05, 4.69) is 25.3 Å². The van der Waals surface area contributed by atoms with Crippen molar-refractivity contribution in [2.75, 3.05) is 6.54 Å². The molecule has 0 fully saturated rings. The van der Waals surface area contributed by atoms with Crippen LogP contribution in [0.2, 0.25) is 0 Å². The Morgan fingerprint density at radius 2 is 2.06 bits per heavy atom. The highest BCUT2D eigenvalue weighted by Gasteiger charge is 2.16. The summed E-state index contributed by atoms with van der Waals surface area (Å²) in [6.07, 6.45) is 4.02. The second-order valence-electron chi connectivity index (χ2n) is 3.84. The number of aromatic amines is 1. The Labute approximate surface area is 97.2 Å². The largest absolute Gasteiger partial charge is 0.312 e. The topological polar surface area (TPSA) is 83.6 Å². The van der Waals surface area contributed by atoms with E-state index in [-0.39, 0.29) is 5.56 Å². The van der Waals surface area contributed by atoms with Gasteiger partial charge < -0.3 is 10.3 Å². The first-order valence-electron chi connectivity index (χ1n) is 5.45. The first kappa shape index (κ1) is 10.1. The van der Waals surface area contributed by atoms with Gasteiger partial charge in [0.05, 0.1) is 11.3 Å². The highest BCUT2D eigenvalue weighted by molar-refractivity contribution is 5.43. The van der Waals surface area contributed by atoms with E-state index in [1.165, 1.54) is 0 Å². The van der Waals surface area contributed by atoms with Gasteiger partial charge in [-0.3, -0.25) is 4.79 Å². The summed E-state index contributed by atoms with van der Waals surface area (Å²) in [6, 6.07) is 1.73. The molecule has 0 spiro atoms. The molecule has 6 nitrogen and oxygen atoms in total. The van der Waals surface area contributed by atoms with Gasteiger partial charge in [-0.15, -0.1) is 0 Å². The summed E-state index contributed by atoms with van der Waals surface area (Å²) in [4.78, 5) is 27.2. The zero-order valence-electron chi connectivity index (χ0n) is 9.10. The van der Waals surface area contributed by atoms with Crippen molar-refractivity contribution in [1.29, 1.82) is 0 Å². The second-order valence-corrected chi connectivity index (χ2v) is 3.84. The molecule has 1 aliphatic heterocycles. The average molecular weight is 229 g/mol. The normalized spacial score (nSPS) is 14.4. The van der Waals surface area contributed by atoms with Crippen molar-refractivity contribution in [1.82, 2.24) is 25.3 Å². The van der Waals surface area contributed by atoms with E-state index < -0.39 is 0 Å². The smallest absolute Gasteiger partial charge is 0.255 e. The third kappa shape index (κ3) is 1.83. The maximum atomic E-state index is 11.9. The number of rotatable bonds is 1. The fourth-order valence-corrected chi connectivity index (χ4v) is 1.88. The van der Waals surface area contributed by atoms with Crippen LogP contribution < -0.4 is 10.9 Å². The van der Waals surface area contributed by atoms with Gasteiger partial charge in [-0.05, 0) is 6.07 Å². The predicted molar refractivity (Wildman–Crippen MR) is 61.3 cm³/mol. The van der Waals surface area contributed by atoms with Crippen LogP contribution in [0.25, 0.3) is 11.6 Å². The molecule has 2 N–H and O–H groups in total. The molecule has 0 aliphatic carbocycles. The van der Waals surface area contributed by atoms with Gasteiger partial charge in [-0.25, -0.2) is 15.0 Å². The zero-order chi connectivity index (χ0) is 11.7. The first-order chi connectivity index (χ1) is 8.34. The monoisotopic (exact) mass is 229 g/mol. The lowest BCUT2D eigenvalue weighted by Gasteiger charge is -2.15. The van der Waals surface area contributed by atoms with Gasteiger partial charge in [0.2, 0.25) is 0 Å². The highest BCUT2D eigenvalue weighted by Crippen LogP contribution is 2.11. The molecule has 6 heteroatoms. The van der Waals surface area contributed by atoms with Gasteiger partial charge in [0.1, 0.15) is 0 Å². The summed E-state index contributed by atoms with van der Waals surface area (Å²) < 4.78 is 0. The summed E-state index contributed by atoms with van der Waals surface area (Å²) in [5.41, 5.74) is 1.45.